The van der Waals surface area contributed by atoms with Crippen LogP contribution < -0.4 is 11.1 Å². The van der Waals surface area contributed by atoms with Crippen molar-refractivity contribution in [3.05, 3.63) is 29.1 Å². The Morgan fingerprint density at radius 2 is 1.42 bits per heavy atom. The van der Waals surface area contributed by atoms with E-state index < -0.39 is 40.8 Å². The van der Waals surface area contributed by atoms with Gasteiger partial charge in [0.1, 0.15) is 5.69 Å². The lowest BCUT2D eigenvalue weighted by molar-refractivity contribution is 0.380. The van der Waals surface area contributed by atoms with E-state index in [1.807, 2.05) is 6.92 Å². The van der Waals surface area contributed by atoms with Gasteiger partial charge in [-0.15, -0.1) is 0 Å². The topological polar surface area (TPSA) is 38.0 Å². The van der Waals surface area contributed by atoms with Crippen molar-refractivity contribution in [2.75, 3.05) is 11.9 Å². The molecule has 0 aliphatic heterocycles. The minimum atomic E-state index is -2.17. The molecule has 1 rings (SSSR count). The molecule has 0 saturated heterocycles. The van der Waals surface area contributed by atoms with Crippen molar-refractivity contribution in [2.24, 2.45) is 5.73 Å². The van der Waals surface area contributed by atoms with Crippen LogP contribution in [-0.4, -0.2) is 12.6 Å². The lowest BCUT2D eigenvalue weighted by Gasteiger charge is -2.19. The minimum Gasteiger partial charge on any atom is -0.376 e. The van der Waals surface area contributed by atoms with Crippen molar-refractivity contribution in [3.8, 4) is 0 Å². The van der Waals surface area contributed by atoms with Crippen LogP contribution in [0.15, 0.2) is 0 Å². The van der Waals surface area contributed by atoms with Crippen molar-refractivity contribution in [2.45, 2.75) is 32.2 Å². The summed E-state index contributed by atoms with van der Waals surface area (Å²) < 4.78 is 65.6. The van der Waals surface area contributed by atoms with Crippen LogP contribution in [0.3, 0.4) is 0 Å². The molecule has 0 aliphatic rings. The smallest absolute Gasteiger partial charge is 0.200 e. The summed E-state index contributed by atoms with van der Waals surface area (Å²) in [4.78, 5) is 0. The standard InChI is InChI=1S/C12H15F5N2/c1-2-3-4-6(5-18)19-12-10(16)8(14)7(13)9(15)11(12)17/h6,19H,2-5,18H2,1H3. The molecule has 0 saturated carbocycles. The molecule has 1 aromatic rings. The monoisotopic (exact) mass is 282 g/mol. The van der Waals surface area contributed by atoms with Gasteiger partial charge in [0, 0.05) is 12.6 Å². The normalized spacial score (nSPS) is 12.6. The fourth-order valence-electron chi connectivity index (χ4n) is 1.64. The van der Waals surface area contributed by atoms with E-state index >= 15 is 0 Å². The molecule has 0 aromatic heterocycles. The summed E-state index contributed by atoms with van der Waals surface area (Å²) in [5.41, 5.74) is 4.37. The van der Waals surface area contributed by atoms with Gasteiger partial charge in [0.2, 0.25) is 5.82 Å². The number of unbranched alkanes of at least 4 members (excludes halogenated alkanes) is 1. The predicted molar refractivity (Wildman–Crippen MR) is 62.2 cm³/mol. The summed E-state index contributed by atoms with van der Waals surface area (Å²) in [6, 6.07) is -0.548. The Hall–Kier alpha value is -1.37. The average molecular weight is 282 g/mol. The quantitative estimate of drug-likeness (QED) is 0.477. The third-order valence-corrected chi connectivity index (χ3v) is 2.75. The number of anilines is 1. The molecule has 0 spiro atoms. The Kier molecular flexibility index (Phi) is 5.53. The first-order valence-electron chi connectivity index (χ1n) is 5.92. The van der Waals surface area contributed by atoms with E-state index in [9.17, 15) is 22.0 Å². The molecule has 0 radical (unpaired) electrons. The summed E-state index contributed by atoms with van der Waals surface area (Å²) in [7, 11) is 0. The second-order valence-corrected chi connectivity index (χ2v) is 4.16. The van der Waals surface area contributed by atoms with Gasteiger partial charge in [-0.2, -0.15) is 0 Å². The molecule has 0 bridgehead atoms. The van der Waals surface area contributed by atoms with Gasteiger partial charge >= 0.3 is 0 Å². The van der Waals surface area contributed by atoms with Crippen LogP contribution in [-0.2, 0) is 0 Å². The van der Waals surface area contributed by atoms with Gasteiger partial charge in [-0.25, -0.2) is 22.0 Å². The van der Waals surface area contributed by atoms with Gasteiger partial charge < -0.3 is 11.1 Å². The molecule has 19 heavy (non-hydrogen) atoms. The first kappa shape index (κ1) is 15.7. The molecule has 1 atom stereocenters. The summed E-state index contributed by atoms with van der Waals surface area (Å²) in [5.74, 6) is -9.84. The zero-order valence-corrected chi connectivity index (χ0v) is 10.4. The van der Waals surface area contributed by atoms with E-state index in [1.165, 1.54) is 0 Å². The number of rotatable bonds is 6. The molecule has 0 amide bonds. The van der Waals surface area contributed by atoms with E-state index in [1.54, 1.807) is 0 Å². The highest BCUT2D eigenvalue weighted by molar-refractivity contribution is 5.48. The summed E-state index contributed by atoms with van der Waals surface area (Å²) in [5, 5.41) is 2.29. The highest BCUT2D eigenvalue weighted by Crippen LogP contribution is 2.27. The third kappa shape index (κ3) is 3.34. The Morgan fingerprint density at radius 3 is 1.84 bits per heavy atom. The minimum absolute atomic E-state index is 0.0273. The maximum atomic E-state index is 13.4. The van der Waals surface area contributed by atoms with Gasteiger partial charge in [0.15, 0.2) is 23.3 Å². The SMILES string of the molecule is CCCCC(CN)Nc1c(F)c(F)c(F)c(F)c1F. The summed E-state index contributed by atoms with van der Waals surface area (Å²) in [6.07, 6.45) is 2.03. The number of benzene rings is 1. The van der Waals surface area contributed by atoms with Crippen molar-refractivity contribution in [1.82, 2.24) is 0 Å². The zero-order chi connectivity index (χ0) is 14.6. The average Bonchev–Trinajstić information content (AvgIpc) is 2.42. The van der Waals surface area contributed by atoms with Gasteiger partial charge in [0.05, 0.1) is 0 Å². The Bertz CT molecular complexity index is 421. The highest BCUT2D eigenvalue weighted by Gasteiger charge is 2.26. The van der Waals surface area contributed by atoms with Gasteiger partial charge in [-0.1, -0.05) is 19.8 Å². The zero-order valence-electron chi connectivity index (χ0n) is 10.4. The molecule has 1 unspecified atom stereocenters. The number of nitrogens with one attached hydrogen (secondary N) is 1. The Morgan fingerprint density at radius 1 is 0.947 bits per heavy atom. The first-order valence-corrected chi connectivity index (χ1v) is 5.92. The van der Waals surface area contributed by atoms with Crippen LogP contribution in [0.25, 0.3) is 0 Å². The lowest BCUT2D eigenvalue weighted by atomic mass is 10.1. The molecule has 3 N–H and O–H groups in total. The molecular formula is C12H15F5N2. The van der Waals surface area contributed by atoms with E-state index in [4.69, 9.17) is 5.73 Å². The maximum Gasteiger partial charge on any atom is 0.200 e. The lowest BCUT2D eigenvalue weighted by Crippen LogP contribution is -2.30. The fourth-order valence-corrected chi connectivity index (χ4v) is 1.64. The number of hydrogen-bond acceptors (Lipinski definition) is 2. The summed E-state index contributed by atoms with van der Waals surface area (Å²) >= 11 is 0. The summed E-state index contributed by atoms with van der Waals surface area (Å²) in [6.45, 7) is 1.94. The van der Waals surface area contributed by atoms with Crippen LogP contribution in [0.5, 0.6) is 0 Å². The van der Waals surface area contributed by atoms with Gasteiger partial charge in [-0.05, 0) is 6.42 Å². The maximum absolute atomic E-state index is 13.4. The molecule has 1 aromatic carbocycles. The second kappa shape index (κ2) is 6.70. The van der Waals surface area contributed by atoms with Crippen LogP contribution >= 0.6 is 0 Å². The molecule has 7 heteroatoms. The predicted octanol–water partition coefficient (Wildman–Crippen LogP) is 3.31. The largest absolute Gasteiger partial charge is 0.376 e. The van der Waals surface area contributed by atoms with E-state index in [0.29, 0.717) is 6.42 Å². The van der Waals surface area contributed by atoms with Gasteiger partial charge in [-0.3, -0.25) is 0 Å². The number of nitrogens with two attached hydrogens (primary N) is 1. The van der Waals surface area contributed by atoms with E-state index in [-0.39, 0.29) is 6.54 Å². The van der Waals surface area contributed by atoms with Gasteiger partial charge in [0.25, 0.3) is 0 Å². The molecular weight excluding hydrogens is 267 g/mol. The molecule has 0 aliphatic carbocycles. The van der Waals surface area contributed by atoms with Crippen LogP contribution in [0, 0.1) is 29.1 Å². The van der Waals surface area contributed by atoms with E-state index in [2.05, 4.69) is 5.32 Å². The van der Waals surface area contributed by atoms with Crippen LogP contribution in [0.4, 0.5) is 27.6 Å². The second-order valence-electron chi connectivity index (χ2n) is 4.16. The molecule has 2 nitrogen and oxygen atoms in total. The molecule has 0 heterocycles. The van der Waals surface area contributed by atoms with Crippen molar-refractivity contribution >= 4 is 5.69 Å². The van der Waals surface area contributed by atoms with Crippen LogP contribution in [0.1, 0.15) is 26.2 Å². The number of halogens is 5. The number of hydrogen-bond donors (Lipinski definition) is 2. The van der Waals surface area contributed by atoms with E-state index in [0.717, 1.165) is 12.8 Å². The van der Waals surface area contributed by atoms with Crippen molar-refractivity contribution in [1.29, 1.82) is 0 Å². The van der Waals surface area contributed by atoms with Crippen molar-refractivity contribution < 1.29 is 22.0 Å². The third-order valence-electron chi connectivity index (χ3n) is 2.75. The van der Waals surface area contributed by atoms with Crippen LogP contribution in [0.2, 0.25) is 0 Å². The fraction of sp³-hybridized carbons (Fsp3) is 0.500. The molecule has 108 valence electrons. The molecule has 0 fully saturated rings. The first-order chi connectivity index (χ1) is 8.93. The Balaban J connectivity index is 3.06. The highest BCUT2D eigenvalue weighted by atomic mass is 19.2. The van der Waals surface area contributed by atoms with Crippen molar-refractivity contribution in [3.63, 3.8) is 0 Å². The Labute approximate surface area is 107 Å².